The van der Waals surface area contributed by atoms with Crippen molar-refractivity contribution in [1.29, 1.82) is 0 Å². The minimum atomic E-state index is -1.90. The molecule has 4 rings (SSSR count). The fourth-order valence-corrected chi connectivity index (χ4v) is 2.93. The first-order chi connectivity index (χ1) is 10.1. The van der Waals surface area contributed by atoms with Gasteiger partial charge in [0.15, 0.2) is 6.29 Å². The molecule has 0 aliphatic carbocycles. The Morgan fingerprint density at radius 3 is 2.62 bits per heavy atom. The third kappa shape index (κ3) is 1.80. The van der Waals surface area contributed by atoms with Gasteiger partial charge in [0.25, 0.3) is 11.6 Å². The lowest BCUT2D eigenvalue weighted by Crippen LogP contribution is -2.62. The number of ether oxygens (including phenoxy) is 5. The van der Waals surface area contributed by atoms with Gasteiger partial charge < -0.3 is 33.9 Å². The Kier molecular flexibility index (Phi) is 2.89. The molecule has 3 saturated heterocycles. The molecule has 1 unspecified atom stereocenters. The van der Waals surface area contributed by atoms with Gasteiger partial charge in [-0.2, -0.15) is 0 Å². The molecule has 7 heteroatoms. The minimum absolute atomic E-state index is 0.200. The SMILES string of the molecule is CO[C@H]1O[C@@H]2COC(c3ccccc3)O[C@H]2[C@]2(O)O[C@]12O. The van der Waals surface area contributed by atoms with E-state index in [9.17, 15) is 10.2 Å². The summed E-state index contributed by atoms with van der Waals surface area (Å²) in [5.74, 6) is -3.74. The van der Waals surface area contributed by atoms with Crippen LogP contribution in [0.15, 0.2) is 30.3 Å². The van der Waals surface area contributed by atoms with Crippen LogP contribution in [0.2, 0.25) is 0 Å². The lowest BCUT2D eigenvalue weighted by atomic mass is 9.98. The largest absolute Gasteiger partial charge is 0.359 e. The van der Waals surface area contributed by atoms with E-state index in [0.717, 1.165) is 5.56 Å². The predicted octanol–water partition coefficient (Wildman–Crippen LogP) is -0.121. The van der Waals surface area contributed by atoms with Crippen molar-refractivity contribution in [2.45, 2.75) is 36.4 Å². The summed E-state index contributed by atoms with van der Waals surface area (Å²) in [6.45, 7) is 0.200. The minimum Gasteiger partial charge on any atom is -0.359 e. The topological polar surface area (TPSA) is 89.9 Å². The van der Waals surface area contributed by atoms with Gasteiger partial charge >= 0.3 is 0 Å². The second-order valence-corrected chi connectivity index (χ2v) is 5.37. The highest BCUT2D eigenvalue weighted by Gasteiger charge is 2.83. The number of methoxy groups -OCH3 is 1. The molecule has 7 nitrogen and oxygen atoms in total. The number of fused-ring (bicyclic) bond motifs is 3. The van der Waals surface area contributed by atoms with Crippen molar-refractivity contribution in [2.75, 3.05) is 13.7 Å². The third-order valence-electron chi connectivity index (χ3n) is 4.09. The number of rotatable bonds is 2. The van der Waals surface area contributed by atoms with E-state index in [4.69, 9.17) is 23.7 Å². The maximum atomic E-state index is 10.5. The Labute approximate surface area is 120 Å². The predicted molar refractivity (Wildman–Crippen MR) is 66.7 cm³/mol. The molecule has 0 bridgehead atoms. The molecule has 0 amide bonds. The zero-order valence-corrected chi connectivity index (χ0v) is 11.3. The maximum Gasteiger partial charge on any atom is 0.279 e. The Hall–Kier alpha value is -1.06. The Bertz CT molecular complexity index is 537. The molecule has 3 fully saturated rings. The first kappa shape index (κ1) is 13.6. The highest BCUT2D eigenvalue weighted by molar-refractivity contribution is 5.19. The van der Waals surface area contributed by atoms with Gasteiger partial charge in [-0.15, -0.1) is 0 Å². The summed E-state index contributed by atoms with van der Waals surface area (Å²) in [7, 11) is 1.36. The van der Waals surface area contributed by atoms with Crippen molar-refractivity contribution in [3.05, 3.63) is 35.9 Å². The van der Waals surface area contributed by atoms with Gasteiger partial charge in [-0.25, -0.2) is 0 Å². The van der Waals surface area contributed by atoms with E-state index < -0.39 is 36.4 Å². The van der Waals surface area contributed by atoms with Crippen molar-refractivity contribution >= 4 is 0 Å². The standard InChI is InChI=1S/C14H16O7/c1-17-12-14(16)13(15,21-14)10-9(19-12)7-18-11(20-10)8-5-3-2-4-6-8/h2-6,9-12,15-16H,7H2,1H3/t9-,10-,11?,12+,13+,14-/m1/s1. The molecule has 0 radical (unpaired) electrons. The summed E-state index contributed by atoms with van der Waals surface area (Å²) in [5, 5.41) is 20.7. The average Bonchev–Trinajstić information content (AvgIpc) is 3.11. The summed E-state index contributed by atoms with van der Waals surface area (Å²) >= 11 is 0. The van der Waals surface area contributed by atoms with Crippen LogP contribution in [0.3, 0.4) is 0 Å². The molecule has 0 aromatic heterocycles. The van der Waals surface area contributed by atoms with E-state index in [1.54, 1.807) is 0 Å². The molecule has 21 heavy (non-hydrogen) atoms. The molecule has 3 heterocycles. The highest BCUT2D eigenvalue weighted by Crippen LogP contribution is 2.56. The monoisotopic (exact) mass is 296 g/mol. The summed E-state index contributed by atoms with van der Waals surface area (Å²) in [6.07, 6.45) is -3.16. The normalized spacial score (nSPS) is 48.3. The molecule has 0 saturated carbocycles. The first-order valence-corrected chi connectivity index (χ1v) is 6.73. The molecule has 114 valence electrons. The van der Waals surface area contributed by atoms with Crippen LogP contribution in [0, 0.1) is 0 Å². The number of aliphatic hydroxyl groups is 2. The van der Waals surface area contributed by atoms with Crippen LogP contribution in [0.1, 0.15) is 11.9 Å². The van der Waals surface area contributed by atoms with Crippen molar-refractivity contribution < 1.29 is 33.9 Å². The van der Waals surface area contributed by atoms with Crippen molar-refractivity contribution in [3.8, 4) is 0 Å². The summed E-state index contributed by atoms with van der Waals surface area (Å²) in [5.41, 5.74) is 0.817. The van der Waals surface area contributed by atoms with Crippen LogP contribution < -0.4 is 0 Å². The van der Waals surface area contributed by atoms with E-state index in [2.05, 4.69) is 0 Å². The molecular formula is C14H16O7. The van der Waals surface area contributed by atoms with Gasteiger partial charge in [0.1, 0.15) is 12.2 Å². The number of benzene rings is 1. The fraction of sp³-hybridized carbons (Fsp3) is 0.571. The molecule has 3 aliphatic rings. The van der Waals surface area contributed by atoms with Gasteiger partial charge in [0.05, 0.1) is 6.61 Å². The van der Waals surface area contributed by atoms with Crippen LogP contribution in [0.25, 0.3) is 0 Å². The van der Waals surface area contributed by atoms with Crippen LogP contribution in [-0.2, 0) is 23.7 Å². The molecule has 0 spiro atoms. The van der Waals surface area contributed by atoms with E-state index in [1.165, 1.54) is 7.11 Å². The van der Waals surface area contributed by atoms with Crippen LogP contribution in [0.4, 0.5) is 0 Å². The third-order valence-corrected chi connectivity index (χ3v) is 4.09. The van der Waals surface area contributed by atoms with Gasteiger partial charge in [0.2, 0.25) is 6.29 Å². The van der Waals surface area contributed by atoms with Crippen LogP contribution in [0.5, 0.6) is 0 Å². The van der Waals surface area contributed by atoms with E-state index in [-0.39, 0.29) is 6.61 Å². The number of hydrogen-bond donors (Lipinski definition) is 2. The van der Waals surface area contributed by atoms with E-state index in [0.29, 0.717) is 0 Å². The highest BCUT2D eigenvalue weighted by atomic mass is 16.9. The van der Waals surface area contributed by atoms with E-state index >= 15 is 0 Å². The number of epoxide rings is 1. The van der Waals surface area contributed by atoms with Crippen molar-refractivity contribution in [3.63, 3.8) is 0 Å². The Morgan fingerprint density at radius 2 is 1.90 bits per heavy atom. The number of hydrogen-bond acceptors (Lipinski definition) is 7. The van der Waals surface area contributed by atoms with E-state index in [1.807, 2.05) is 30.3 Å². The van der Waals surface area contributed by atoms with Crippen molar-refractivity contribution in [1.82, 2.24) is 0 Å². The molecule has 1 aromatic rings. The summed E-state index contributed by atoms with van der Waals surface area (Å²) in [6, 6.07) is 9.34. The second kappa shape index (κ2) is 4.47. The smallest absolute Gasteiger partial charge is 0.279 e. The van der Waals surface area contributed by atoms with Gasteiger partial charge in [0, 0.05) is 12.7 Å². The molecule has 1 aromatic carbocycles. The molecular weight excluding hydrogens is 280 g/mol. The first-order valence-electron chi connectivity index (χ1n) is 6.73. The molecule has 2 N–H and O–H groups in total. The van der Waals surface area contributed by atoms with Crippen molar-refractivity contribution in [2.24, 2.45) is 0 Å². The van der Waals surface area contributed by atoms with Crippen LogP contribution >= 0.6 is 0 Å². The molecule has 6 atom stereocenters. The maximum absolute atomic E-state index is 10.5. The zero-order chi connectivity index (χ0) is 14.7. The lowest BCUT2D eigenvalue weighted by molar-refractivity contribution is -0.358. The Morgan fingerprint density at radius 1 is 1.14 bits per heavy atom. The van der Waals surface area contributed by atoms with Crippen LogP contribution in [-0.4, -0.2) is 54.0 Å². The summed E-state index contributed by atoms with van der Waals surface area (Å²) < 4.78 is 27.0. The van der Waals surface area contributed by atoms with Gasteiger partial charge in [-0.1, -0.05) is 30.3 Å². The lowest BCUT2D eigenvalue weighted by Gasteiger charge is -2.42. The van der Waals surface area contributed by atoms with Gasteiger partial charge in [-0.3, -0.25) is 0 Å². The second-order valence-electron chi connectivity index (χ2n) is 5.37. The summed E-state index contributed by atoms with van der Waals surface area (Å²) in [4.78, 5) is 0. The average molecular weight is 296 g/mol. The molecule has 3 aliphatic heterocycles. The Balaban J connectivity index is 1.58. The fourth-order valence-electron chi connectivity index (χ4n) is 2.93. The zero-order valence-electron chi connectivity index (χ0n) is 11.3. The quantitative estimate of drug-likeness (QED) is 0.735. The van der Waals surface area contributed by atoms with Gasteiger partial charge in [-0.05, 0) is 0 Å².